The van der Waals surface area contributed by atoms with Crippen LogP contribution in [-0.4, -0.2) is 33.3 Å². The van der Waals surface area contributed by atoms with Crippen molar-refractivity contribution in [2.45, 2.75) is 44.4 Å². The van der Waals surface area contributed by atoms with Gasteiger partial charge in [0.15, 0.2) is 0 Å². The summed E-state index contributed by atoms with van der Waals surface area (Å²) < 4.78 is 26.5. The van der Waals surface area contributed by atoms with Gasteiger partial charge in [-0.05, 0) is 39.2 Å². The molecule has 0 amide bonds. The standard InChI is InChI=1S/C10H22N2O2S/c1-8-4-5-10(6-8)12-15(13,14)9(2)7-11-3/h8-12H,4-7H2,1-3H3. The summed E-state index contributed by atoms with van der Waals surface area (Å²) in [7, 11) is -1.37. The van der Waals surface area contributed by atoms with Crippen molar-refractivity contribution >= 4 is 10.0 Å². The molecule has 5 heteroatoms. The monoisotopic (exact) mass is 234 g/mol. The van der Waals surface area contributed by atoms with E-state index in [1.807, 2.05) is 0 Å². The Hall–Kier alpha value is -0.130. The van der Waals surface area contributed by atoms with Crippen LogP contribution in [0, 0.1) is 5.92 Å². The smallest absolute Gasteiger partial charge is 0.215 e. The van der Waals surface area contributed by atoms with E-state index >= 15 is 0 Å². The van der Waals surface area contributed by atoms with Gasteiger partial charge in [-0.1, -0.05) is 6.92 Å². The van der Waals surface area contributed by atoms with E-state index in [1.165, 1.54) is 0 Å². The van der Waals surface area contributed by atoms with Crippen molar-refractivity contribution in [1.29, 1.82) is 0 Å². The molecule has 0 spiro atoms. The molecule has 1 aliphatic rings. The summed E-state index contributed by atoms with van der Waals surface area (Å²) in [5, 5.41) is 2.53. The summed E-state index contributed by atoms with van der Waals surface area (Å²) >= 11 is 0. The first-order valence-electron chi connectivity index (χ1n) is 5.61. The van der Waals surface area contributed by atoms with Crippen molar-refractivity contribution in [1.82, 2.24) is 10.0 Å². The third-order valence-electron chi connectivity index (χ3n) is 3.05. The van der Waals surface area contributed by atoms with Gasteiger partial charge in [-0.25, -0.2) is 13.1 Å². The molecule has 1 fully saturated rings. The second-order valence-electron chi connectivity index (χ2n) is 4.65. The normalized spacial score (nSPS) is 29.3. The van der Waals surface area contributed by atoms with Crippen molar-refractivity contribution in [3.8, 4) is 0 Å². The van der Waals surface area contributed by atoms with E-state index < -0.39 is 10.0 Å². The quantitative estimate of drug-likeness (QED) is 0.736. The summed E-state index contributed by atoms with van der Waals surface area (Å²) in [5.74, 6) is 0.650. The average molecular weight is 234 g/mol. The molecule has 0 aromatic carbocycles. The first-order chi connectivity index (χ1) is 6.95. The fourth-order valence-corrected chi connectivity index (χ4v) is 3.36. The molecule has 1 rings (SSSR count). The first-order valence-corrected chi connectivity index (χ1v) is 7.16. The van der Waals surface area contributed by atoms with Crippen LogP contribution in [0.4, 0.5) is 0 Å². The van der Waals surface area contributed by atoms with Gasteiger partial charge in [0.05, 0.1) is 5.25 Å². The van der Waals surface area contributed by atoms with E-state index in [0.717, 1.165) is 19.3 Å². The summed E-state index contributed by atoms with van der Waals surface area (Å²) in [6, 6.07) is 0.157. The van der Waals surface area contributed by atoms with Gasteiger partial charge < -0.3 is 5.32 Å². The van der Waals surface area contributed by atoms with Gasteiger partial charge in [-0.2, -0.15) is 0 Å². The van der Waals surface area contributed by atoms with Crippen LogP contribution in [0.3, 0.4) is 0 Å². The van der Waals surface area contributed by atoms with Crippen LogP contribution in [0.5, 0.6) is 0 Å². The van der Waals surface area contributed by atoms with Crippen molar-refractivity contribution in [2.75, 3.05) is 13.6 Å². The lowest BCUT2D eigenvalue weighted by Gasteiger charge is -2.17. The highest BCUT2D eigenvalue weighted by Crippen LogP contribution is 2.25. The molecule has 2 N–H and O–H groups in total. The topological polar surface area (TPSA) is 58.2 Å². The summed E-state index contributed by atoms with van der Waals surface area (Å²) in [6.07, 6.45) is 3.09. The number of hydrogen-bond acceptors (Lipinski definition) is 3. The zero-order valence-electron chi connectivity index (χ0n) is 9.79. The highest BCUT2D eigenvalue weighted by atomic mass is 32.2. The van der Waals surface area contributed by atoms with Gasteiger partial charge in [-0.3, -0.25) is 0 Å². The molecule has 15 heavy (non-hydrogen) atoms. The Morgan fingerprint density at radius 3 is 2.53 bits per heavy atom. The van der Waals surface area contributed by atoms with Crippen LogP contribution in [0.15, 0.2) is 0 Å². The van der Waals surface area contributed by atoms with Crippen LogP contribution in [0.2, 0.25) is 0 Å². The largest absolute Gasteiger partial charge is 0.318 e. The van der Waals surface area contributed by atoms with E-state index in [1.54, 1.807) is 14.0 Å². The van der Waals surface area contributed by atoms with Crippen molar-refractivity contribution in [3.05, 3.63) is 0 Å². The van der Waals surface area contributed by atoms with Gasteiger partial charge in [-0.15, -0.1) is 0 Å². The maximum atomic E-state index is 11.8. The summed E-state index contributed by atoms with van der Waals surface area (Å²) in [4.78, 5) is 0. The zero-order chi connectivity index (χ0) is 11.5. The number of hydrogen-bond donors (Lipinski definition) is 2. The lowest BCUT2D eigenvalue weighted by Crippen LogP contribution is -2.42. The summed E-state index contributed by atoms with van der Waals surface area (Å²) in [5.41, 5.74) is 0. The number of sulfonamides is 1. The maximum Gasteiger partial charge on any atom is 0.215 e. The second-order valence-corrected chi connectivity index (χ2v) is 6.78. The molecule has 3 unspecified atom stereocenters. The highest BCUT2D eigenvalue weighted by molar-refractivity contribution is 7.90. The molecule has 0 heterocycles. The number of rotatable bonds is 5. The predicted molar refractivity (Wildman–Crippen MR) is 62.2 cm³/mol. The Bertz CT molecular complexity index is 290. The molecule has 0 aliphatic heterocycles. The maximum absolute atomic E-state index is 11.8. The lowest BCUT2D eigenvalue weighted by atomic mass is 10.1. The van der Waals surface area contributed by atoms with Crippen molar-refractivity contribution in [2.24, 2.45) is 5.92 Å². The average Bonchev–Trinajstić information content (AvgIpc) is 2.50. The van der Waals surface area contributed by atoms with Crippen LogP contribution in [-0.2, 0) is 10.0 Å². The van der Waals surface area contributed by atoms with E-state index in [4.69, 9.17) is 0 Å². The van der Waals surface area contributed by atoms with Crippen LogP contribution >= 0.6 is 0 Å². The zero-order valence-corrected chi connectivity index (χ0v) is 10.6. The molecule has 0 radical (unpaired) electrons. The molecule has 1 aliphatic carbocycles. The molecule has 3 atom stereocenters. The predicted octanol–water partition coefficient (Wildman–Crippen LogP) is 0.702. The SMILES string of the molecule is CNCC(C)S(=O)(=O)NC1CCC(C)C1. The molecular weight excluding hydrogens is 212 g/mol. The van der Waals surface area contributed by atoms with Crippen LogP contribution < -0.4 is 10.0 Å². The van der Waals surface area contributed by atoms with Gasteiger partial charge in [0.25, 0.3) is 0 Å². The molecule has 0 aromatic heterocycles. The minimum Gasteiger partial charge on any atom is -0.318 e. The molecule has 90 valence electrons. The molecule has 0 bridgehead atoms. The Morgan fingerprint density at radius 1 is 1.40 bits per heavy atom. The van der Waals surface area contributed by atoms with Gasteiger partial charge in [0.1, 0.15) is 0 Å². The highest BCUT2D eigenvalue weighted by Gasteiger charge is 2.28. The summed E-state index contributed by atoms with van der Waals surface area (Å²) in [6.45, 7) is 4.40. The molecule has 0 aromatic rings. The van der Waals surface area contributed by atoms with Crippen LogP contribution in [0.1, 0.15) is 33.1 Å². The Kier molecular flexibility index (Phi) is 4.55. The van der Waals surface area contributed by atoms with Crippen molar-refractivity contribution in [3.63, 3.8) is 0 Å². The second kappa shape index (κ2) is 5.27. The Balaban J connectivity index is 2.49. The minimum atomic E-state index is -3.14. The third kappa shape index (κ3) is 3.74. The third-order valence-corrected chi connectivity index (χ3v) is 4.94. The Morgan fingerprint density at radius 2 is 2.07 bits per heavy atom. The van der Waals surface area contributed by atoms with Gasteiger partial charge in [0.2, 0.25) is 10.0 Å². The molecule has 0 saturated heterocycles. The minimum absolute atomic E-state index is 0.157. The fraction of sp³-hybridized carbons (Fsp3) is 1.00. The van der Waals surface area contributed by atoms with Crippen molar-refractivity contribution < 1.29 is 8.42 Å². The van der Waals surface area contributed by atoms with E-state index in [0.29, 0.717) is 12.5 Å². The van der Waals surface area contributed by atoms with E-state index in [-0.39, 0.29) is 11.3 Å². The van der Waals surface area contributed by atoms with E-state index in [9.17, 15) is 8.42 Å². The van der Waals surface area contributed by atoms with Gasteiger partial charge in [0, 0.05) is 12.6 Å². The Labute approximate surface area is 92.9 Å². The molecule has 1 saturated carbocycles. The molecular formula is C10H22N2O2S. The number of nitrogens with one attached hydrogen (secondary N) is 2. The van der Waals surface area contributed by atoms with Crippen LogP contribution in [0.25, 0.3) is 0 Å². The lowest BCUT2D eigenvalue weighted by molar-refractivity contribution is 0.527. The van der Waals surface area contributed by atoms with Gasteiger partial charge >= 0.3 is 0 Å². The fourth-order valence-electron chi connectivity index (χ4n) is 2.06. The first kappa shape index (κ1) is 12.9. The van der Waals surface area contributed by atoms with E-state index in [2.05, 4.69) is 17.0 Å². The molecule has 4 nitrogen and oxygen atoms in total.